The molecule has 1 saturated heterocycles. The van der Waals surface area contributed by atoms with Crippen molar-refractivity contribution in [2.45, 2.75) is 38.0 Å². The molecular formula is C16H24N2O2S. The summed E-state index contributed by atoms with van der Waals surface area (Å²) in [5, 5.41) is 3.35. The van der Waals surface area contributed by atoms with Gasteiger partial charge < -0.3 is 5.32 Å². The summed E-state index contributed by atoms with van der Waals surface area (Å²) in [5.74, 6) is 0.272. The third-order valence-electron chi connectivity index (χ3n) is 4.77. The summed E-state index contributed by atoms with van der Waals surface area (Å²) in [4.78, 5) is 2.39. The summed E-state index contributed by atoms with van der Waals surface area (Å²) >= 11 is 0. The summed E-state index contributed by atoms with van der Waals surface area (Å²) in [6.07, 6.45) is 2.66. The Balaban J connectivity index is 1.63. The number of nitrogens with one attached hydrogen (secondary N) is 1. The van der Waals surface area contributed by atoms with Crippen LogP contribution in [0, 0.1) is 0 Å². The maximum Gasteiger partial charge on any atom is 0.152 e. The van der Waals surface area contributed by atoms with E-state index in [0.29, 0.717) is 0 Å². The minimum atomic E-state index is -2.87. The van der Waals surface area contributed by atoms with Crippen molar-refractivity contribution in [2.24, 2.45) is 0 Å². The van der Waals surface area contributed by atoms with Crippen molar-refractivity contribution >= 4 is 15.5 Å². The van der Waals surface area contributed by atoms with Crippen LogP contribution >= 0.6 is 0 Å². The minimum Gasteiger partial charge on any atom is -0.384 e. The van der Waals surface area contributed by atoms with Gasteiger partial charge in [-0.15, -0.1) is 0 Å². The number of sulfone groups is 1. The Kier molecular flexibility index (Phi) is 4.22. The fourth-order valence-electron chi connectivity index (χ4n) is 3.45. The Hall–Kier alpha value is -1.07. The van der Waals surface area contributed by atoms with Gasteiger partial charge in [0.25, 0.3) is 0 Å². The maximum atomic E-state index is 11.9. The molecule has 0 spiro atoms. The summed E-state index contributed by atoms with van der Waals surface area (Å²) < 4.78 is 23.9. The predicted octanol–water partition coefficient (Wildman–Crippen LogP) is 2.05. The van der Waals surface area contributed by atoms with Gasteiger partial charge >= 0.3 is 0 Å². The van der Waals surface area contributed by atoms with Crippen LogP contribution in [0.4, 0.5) is 5.69 Å². The average molecular weight is 308 g/mol. The molecule has 0 radical (unpaired) electrons. The number of rotatable bonds is 4. The lowest BCUT2D eigenvalue weighted by atomic mass is 10.1. The predicted molar refractivity (Wildman–Crippen MR) is 86.4 cm³/mol. The van der Waals surface area contributed by atoms with Crippen LogP contribution in [-0.2, 0) is 22.8 Å². The van der Waals surface area contributed by atoms with E-state index >= 15 is 0 Å². The molecule has 0 atom stereocenters. The summed E-state index contributed by atoms with van der Waals surface area (Å²) in [6.45, 7) is 5.47. The average Bonchev–Trinajstić information content (AvgIpc) is 2.97. The number of anilines is 1. The highest BCUT2D eigenvalue weighted by atomic mass is 32.2. The van der Waals surface area contributed by atoms with E-state index in [1.165, 1.54) is 16.8 Å². The molecule has 116 valence electrons. The lowest BCUT2D eigenvalue weighted by Crippen LogP contribution is -2.39. The van der Waals surface area contributed by atoms with Crippen LogP contribution in [0.3, 0.4) is 0 Å². The van der Waals surface area contributed by atoms with Gasteiger partial charge in [0.05, 0.1) is 5.25 Å². The summed E-state index contributed by atoms with van der Waals surface area (Å²) in [7, 11) is -2.87. The molecular weight excluding hydrogens is 284 g/mol. The van der Waals surface area contributed by atoms with E-state index in [-0.39, 0.29) is 11.0 Å². The van der Waals surface area contributed by atoms with Crippen LogP contribution in [0.1, 0.15) is 30.9 Å². The lowest BCUT2D eigenvalue weighted by molar-refractivity contribution is 0.222. The molecule has 0 aromatic heterocycles. The van der Waals surface area contributed by atoms with Crippen molar-refractivity contribution < 1.29 is 8.42 Å². The number of hydrogen-bond acceptors (Lipinski definition) is 4. The van der Waals surface area contributed by atoms with E-state index in [0.717, 1.165) is 45.4 Å². The molecule has 21 heavy (non-hydrogen) atoms. The van der Waals surface area contributed by atoms with Crippen molar-refractivity contribution in [3.05, 3.63) is 29.3 Å². The van der Waals surface area contributed by atoms with E-state index in [1.54, 1.807) is 6.92 Å². The zero-order valence-corrected chi connectivity index (χ0v) is 13.5. The monoisotopic (exact) mass is 308 g/mol. The second-order valence-corrected chi connectivity index (χ2v) is 8.62. The molecule has 2 aliphatic rings. The number of benzene rings is 1. The number of fused-ring (bicyclic) bond motifs is 1. The van der Waals surface area contributed by atoms with Crippen molar-refractivity contribution in [3.63, 3.8) is 0 Å². The SMILES string of the molecule is CCS(=O)(=O)C1CCN(Cc2cccc3c2NCC3)CC1. The summed E-state index contributed by atoms with van der Waals surface area (Å²) in [5.41, 5.74) is 4.07. The fraction of sp³-hybridized carbons (Fsp3) is 0.625. The lowest BCUT2D eigenvalue weighted by Gasteiger charge is -2.32. The molecule has 1 aromatic rings. The Bertz CT molecular complexity index is 605. The Labute approximate surface area is 127 Å². The molecule has 3 rings (SSSR count). The Morgan fingerprint density at radius 2 is 2.05 bits per heavy atom. The highest BCUT2D eigenvalue weighted by Crippen LogP contribution is 2.28. The second kappa shape index (κ2) is 5.97. The molecule has 0 bridgehead atoms. The number of para-hydroxylation sites is 1. The molecule has 2 aliphatic heterocycles. The Morgan fingerprint density at radius 1 is 1.29 bits per heavy atom. The molecule has 1 fully saturated rings. The van der Waals surface area contributed by atoms with Gasteiger partial charge in [-0.25, -0.2) is 8.42 Å². The maximum absolute atomic E-state index is 11.9. The van der Waals surface area contributed by atoms with Crippen LogP contribution in [0.2, 0.25) is 0 Å². The van der Waals surface area contributed by atoms with Crippen LogP contribution < -0.4 is 5.32 Å². The van der Waals surface area contributed by atoms with Crippen molar-refractivity contribution in [1.82, 2.24) is 4.90 Å². The first kappa shape index (κ1) is 14.9. The van der Waals surface area contributed by atoms with E-state index in [2.05, 4.69) is 28.4 Å². The van der Waals surface area contributed by atoms with Gasteiger partial charge in [0.2, 0.25) is 0 Å². The first-order valence-electron chi connectivity index (χ1n) is 7.88. The standard InChI is InChI=1S/C16H24N2O2S/c1-2-21(19,20)15-7-10-18(11-8-15)12-14-5-3-4-13-6-9-17-16(13)14/h3-5,15,17H,2,6-12H2,1H3. The summed E-state index contributed by atoms with van der Waals surface area (Å²) in [6, 6.07) is 6.51. The van der Waals surface area contributed by atoms with Gasteiger partial charge in [-0.1, -0.05) is 25.1 Å². The van der Waals surface area contributed by atoms with Crippen molar-refractivity contribution in [3.8, 4) is 0 Å². The zero-order valence-electron chi connectivity index (χ0n) is 12.6. The van der Waals surface area contributed by atoms with Crippen molar-refractivity contribution in [2.75, 3.05) is 30.7 Å². The van der Waals surface area contributed by atoms with Crippen LogP contribution in [0.15, 0.2) is 18.2 Å². The molecule has 1 aromatic carbocycles. The van der Waals surface area contributed by atoms with Crippen molar-refractivity contribution in [1.29, 1.82) is 0 Å². The number of likely N-dealkylation sites (tertiary alicyclic amines) is 1. The number of nitrogens with zero attached hydrogens (tertiary/aromatic N) is 1. The van der Waals surface area contributed by atoms with Crippen LogP contribution in [-0.4, -0.2) is 44.0 Å². The largest absolute Gasteiger partial charge is 0.384 e. The van der Waals surface area contributed by atoms with E-state index in [9.17, 15) is 8.42 Å². The highest BCUT2D eigenvalue weighted by Gasteiger charge is 2.28. The molecule has 5 heteroatoms. The van der Waals surface area contributed by atoms with E-state index < -0.39 is 9.84 Å². The molecule has 0 saturated carbocycles. The van der Waals surface area contributed by atoms with Gasteiger partial charge in [-0.05, 0) is 43.5 Å². The van der Waals surface area contributed by atoms with Gasteiger partial charge in [0.15, 0.2) is 9.84 Å². The molecule has 0 unspecified atom stereocenters. The molecule has 2 heterocycles. The zero-order chi connectivity index (χ0) is 14.9. The normalized spacial score (nSPS) is 20.2. The fourth-order valence-corrected chi connectivity index (χ4v) is 4.85. The molecule has 4 nitrogen and oxygen atoms in total. The highest BCUT2D eigenvalue weighted by molar-refractivity contribution is 7.92. The number of hydrogen-bond donors (Lipinski definition) is 1. The Morgan fingerprint density at radius 3 is 2.76 bits per heavy atom. The molecule has 0 amide bonds. The number of piperidine rings is 1. The first-order valence-corrected chi connectivity index (χ1v) is 9.60. The van der Waals surface area contributed by atoms with Gasteiger partial charge in [0, 0.05) is 24.5 Å². The van der Waals surface area contributed by atoms with Gasteiger partial charge in [-0.2, -0.15) is 0 Å². The first-order chi connectivity index (χ1) is 10.1. The molecule has 1 N–H and O–H groups in total. The molecule has 0 aliphatic carbocycles. The third-order valence-corrected chi connectivity index (χ3v) is 7.06. The van der Waals surface area contributed by atoms with E-state index in [1.807, 2.05) is 0 Å². The quantitative estimate of drug-likeness (QED) is 0.925. The van der Waals surface area contributed by atoms with E-state index in [4.69, 9.17) is 0 Å². The van der Waals surface area contributed by atoms with Crippen LogP contribution in [0.25, 0.3) is 0 Å². The van der Waals surface area contributed by atoms with Gasteiger partial charge in [0.1, 0.15) is 0 Å². The minimum absolute atomic E-state index is 0.127. The third kappa shape index (κ3) is 3.09. The smallest absolute Gasteiger partial charge is 0.152 e. The van der Waals surface area contributed by atoms with Crippen LogP contribution in [0.5, 0.6) is 0 Å². The van der Waals surface area contributed by atoms with Gasteiger partial charge in [-0.3, -0.25) is 4.90 Å². The second-order valence-electron chi connectivity index (χ2n) is 6.06. The topological polar surface area (TPSA) is 49.4 Å².